The van der Waals surface area contributed by atoms with Gasteiger partial charge in [0.05, 0.1) is 0 Å². The third-order valence-corrected chi connectivity index (χ3v) is 9.30. The van der Waals surface area contributed by atoms with Gasteiger partial charge in [-0.05, 0) is 112 Å². The summed E-state index contributed by atoms with van der Waals surface area (Å²) >= 11 is 0. The molecule has 2 saturated carbocycles. The molecule has 0 amide bonds. The van der Waals surface area contributed by atoms with Crippen molar-refractivity contribution in [2.75, 3.05) is 13.6 Å². The first-order valence-corrected chi connectivity index (χ1v) is 12.4. The fourth-order valence-electron chi connectivity index (χ4n) is 6.82. The number of hydrogen-bond donors (Lipinski definition) is 2. The lowest BCUT2D eigenvalue weighted by atomic mass is 9.68. The summed E-state index contributed by atoms with van der Waals surface area (Å²) in [5, 5.41) is 7.44. The van der Waals surface area contributed by atoms with Crippen molar-refractivity contribution in [1.82, 2.24) is 10.6 Å². The van der Waals surface area contributed by atoms with Crippen LogP contribution in [0.1, 0.15) is 99.8 Å². The van der Waals surface area contributed by atoms with Crippen LogP contribution in [0, 0.1) is 39.9 Å². The molecule has 0 aromatic rings. The summed E-state index contributed by atoms with van der Waals surface area (Å²) in [4.78, 5) is 0. The third-order valence-electron chi connectivity index (χ3n) is 9.30. The van der Waals surface area contributed by atoms with E-state index in [9.17, 15) is 0 Å². The predicted molar refractivity (Wildman–Crippen MR) is 123 cm³/mol. The highest BCUT2D eigenvalue weighted by molar-refractivity contribution is 5.07. The Bertz CT molecular complexity index is 529. The van der Waals surface area contributed by atoms with Crippen molar-refractivity contribution in [2.24, 2.45) is 39.9 Å². The Morgan fingerprint density at radius 1 is 0.857 bits per heavy atom. The summed E-state index contributed by atoms with van der Waals surface area (Å²) in [6, 6.07) is 1.42. The van der Waals surface area contributed by atoms with Crippen LogP contribution in [0.15, 0.2) is 0 Å². The van der Waals surface area contributed by atoms with Crippen LogP contribution in [0.3, 0.4) is 0 Å². The van der Waals surface area contributed by atoms with Crippen LogP contribution in [0.5, 0.6) is 0 Å². The van der Waals surface area contributed by atoms with Crippen LogP contribution in [0.25, 0.3) is 0 Å². The van der Waals surface area contributed by atoms with E-state index in [1.165, 1.54) is 57.9 Å². The average molecular weight is 391 g/mol. The molecule has 2 heteroatoms. The van der Waals surface area contributed by atoms with Gasteiger partial charge in [0, 0.05) is 12.1 Å². The van der Waals surface area contributed by atoms with Crippen LogP contribution >= 0.6 is 0 Å². The lowest BCUT2D eigenvalue weighted by Gasteiger charge is -2.38. The SMILES string of the molecule is CNCCC1CC(C)(C)C(C)CC2(C)CC2NC(C)CC(C)CC2CC2(C)C1. The first kappa shape index (κ1) is 22.6. The Kier molecular flexibility index (Phi) is 6.63. The fraction of sp³-hybridized carbons (Fsp3) is 1.00. The second-order valence-corrected chi connectivity index (χ2v) is 12.9. The lowest BCUT2D eigenvalue weighted by Crippen LogP contribution is -2.34. The van der Waals surface area contributed by atoms with Gasteiger partial charge in [-0.1, -0.05) is 41.5 Å². The van der Waals surface area contributed by atoms with Gasteiger partial charge in [0.2, 0.25) is 0 Å². The van der Waals surface area contributed by atoms with Crippen LogP contribution in [-0.4, -0.2) is 25.7 Å². The Hall–Kier alpha value is -0.0800. The first-order valence-electron chi connectivity index (χ1n) is 12.4. The van der Waals surface area contributed by atoms with Crippen LogP contribution in [0.4, 0.5) is 0 Å². The molecule has 1 aliphatic heterocycles. The molecule has 0 aromatic carbocycles. The molecule has 164 valence electrons. The van der Waals surface area contributed by atoms with E-state index in [4.69, 9.17) is 0 Å². The van der Waals surface area contributed by atoms with E-state index >= 15 is 0 Å². The van der Waals surface area contributed by atoms with Crippen LogP contribution in [-0.2, 0) is 0 Å². The molecule has 2 N–H and O–H groups in total. The molecule has 0 spiro atoms. The van der Waals surface area contributed by atoms with E-state index in [1.807, 2.05) is 0 Å². The molecule has 0 radical (unpaired) electrons. The molecule has 8 atom stereocenters. The smallest absolute Gasteiger partial charge is 0.0130 e. The minimum atomic E-state index is 0.439. The topological polar surface area (TPSA) is 24.1 Å². The highest BCUT2D eigenvalue weighted by Crippen LogP contribution is 2.61. The minimum Gasteiger partial charge on any atom is -0.320 e. The van der Waals surface area contributed by atoms with Gasteiger partial charge >= 0.3 is 0 Å². The van der Waals surface area contributed by atoms with Crippen LogP contribution < -0.4 is 10.6 Å². The van der Waals surface area contributed by atoms with E-state index in [0.717, 1.165) is 29.7 Å². The Balaban J connectivity index is 1.75. The summed E-state index contributed by atoms with van der Waals surface area (Å²) in [5.41, 5.74) is 1.59. The average Bonchev–Trinajstić information content (AvgIpc) is 3.39. The van der Waals surface area contributed by atoms with Gasteiger partial charge in [0.15, 0.2) is 0 Å². The summed E-state index contributed by atoms with van der Waals surface area (Å²) < 4.78 is 0. The lowest BCUT2D eigenvalue weighted by molar-refractivity contribution is 0.127. The van der Waals surface area contributed by atoms with Crippen LogP contribution in [0.2, 0.25) is 0 Å². The molecule has 0 aromatic heterocycles. The number of nitrogens with one attached hydrogen (secondary N) is 2. The second-order valence-electron chi connectivity index (χ2n) is 12.9. The maximum atomic E-state index is 4.01. The maximum absolute atomic E-state index is 4.01. The van der Waals surface area contributed by atoms with Gasteiger partial charge < -0.3 is 10.6 Å². The molecule has 1 heterocycles. The van der Waals surface area contributed by atoms with E-state index < -0.39 is 0 Å². The van der Waals surface area contributed by atoms with Gasteiger partial charge in [-0.2, -0.15) is 0 Å². The molecule has 3 rings (SSSR count). The molecule has 0 bridgehead atoms. The minimum absolute atomic E-state index is 0.439. The molecule has 8 unspecified atom stereocenters. The molecular weight excluding hydrogens is 340 g/mol. The van der Waals surface area contributed by atoms with Crippen molar-refractivity contribution in [3.63, 3.8) is 0 Å². The van der Waals surface area contributed by atoms with Crippen molar-refractivity contribution in [3.8, 4) is 0 Å². The van der Waals surface area contributed by atoms with Crippen molar-refractivity contribution in [2.45, 2.75) is 112 Å². The fourth-order valence-corrected chi connectivity index (χ4v) is 6.82. The highest BCUT2D eigenvalue weighted by Gasteiger charge is 2.54. The summed E-state index contributed by atoms with van der Waals surface area (Å²) in [6.07, 6.45) is 11.3. The van der Waals surface area contributed by atoms with Gasteiger partial charge in [-0.25, -0.2) is 0 Å². The molecular formula is C26H50N2. The standard InChI is InChI=1S/C26H50N2/c1-18-11-20(3)28-23-17-26(23,7)13-19(2)24(4,5)14-21(9-10-27-8)15-25(6)16-22(25)12-18/h18-23,27-28H,9-17H2,1-8H3. The van der Waals surface area contributed by atoms with E-state index in [0.29, 0.717) is 22.3 Å². The Morgan fingerprint density at radius 2 is 1.57 bits per heavy atom. The van der Waals surface area contributed by atoms with Gasteiger partial charge in [0.1, 0.15) is 0 Å². The number of fused-ring (bicyclic) bond motifs is 2. The molecule has 1 saturated heterocycles. The largest absolute Gasteiger partial charge is 0.320 e. The van der Waals surface area contributed by atoms with Gasteiger partial charge in [-0.3, -0.25) is 0 Å². The zero-order valence-electron chi connectivity index (χ0n) is 20.3. The van der Waals surface area contributed by atoms with Crippen molar-refractivity contribution < 1.29 is 0 Å². The zero-order chi connectivity index (χ0) is 20.7. The van der Waals surface area contributed by atoms with E-state index in [1.54, 1.807) is 0 Å². The number of rotatable bonds is 3. The third kappa shape index (κ3) is 5.34. The Labute approximate surface area is 176 Å². The quantitative estimate of drug-likeness (QED) is 0.594. The molecule has 2 nitrogen and oxygen atoms in total. The monoisotopic (exact) mass is 390 g/mol. The van der Waals surface area contributed by atoms with E-state index in [2.05, 4.69) is 66.1 Å². The number of hydrogen-bond acceptors (Lipinski definition) is 2. The molecule has 28 heavy (non-hydrogen) atoms. The summed E-state index contributed by atoms with van der Waals surface area (Å²) in [6.45, 7) is 18.9. The van der Waals surface area contributed by atoms with Gasteiger partial charge in [0.25, 0.3) is 0 Å². The summed E-state index contributed by atoms with van der Waals surface area (Å²) in [7, 11) is 2.12. The molecule has 2 aliphatic carbocycles. The second kappa shape index (κ2) is 8.22. The summed E-state index contributed by atoms with van der Waals surface area (Å²) in [5.74, 6) is 3.50. The predicted octanol–water partition coefficient (Wildman–Crippen LogP) is 6.26. The highest BCUT2D eigenvalue weighted by atomic mass is 15.0. The normalized spacial score (nSPS) is 49.3. The van der Waals surface area contributed by atoms with E-state index in [-0.39, 0.29) is 0 Å². The van der Waals surface area contributed by atoms with Crippen molar-refractivity contribution in [3.05, 3.63) is 0 Å². The molecule has 3 fully saturated rings. The molecule has 3 aliphatic rings. The first-order chi connectivity index (χ1) is 13.0. The zero-order valence-corrected chi connectivity index (χ0v) is 20.3. The van der Waals surface area contributed by atoms with Gasteiger partial charge in [-0.15, -0.1) is 0 Å². The maximum Gasteiger partial charge on any atom is 0.0130 e. The Morgan fingerprint density at radius 3 is 2.25 bits per heavy atom. The van der Waals surface area contributed by atoms with Crippen molar-refractivity contribution in [1.29, 1.82) is 0 Å². The van der Waals surface area contributed by atoms with Crippen molar-refractivity contribution >= 4 is 0 Å².